The summed E-state index contributed by atoms with van der Waals surface area (Å²) in [6.45, 7) is 4.56. The minimum atomic E-state index is 0.116. The Balaban J connectivity index is 1.45. The van der Waals surface area contributed by atoms with E-state index in [9.17, 15) is 0 Å². The van der Waals surface area contributed by atoms with Crippen LogP contribution in [0.2, 0.25) is 5.02 Å². The fourth-order valence-electron chi connectivity index (χ4n) is 3.19. The summed E-state index contributed by atoms with van der Waals surface area (Å²) < 4.78 is 11.7. The van der Waals surface area contributed by atoms with Gasteiger partial charge in [-0.15, -0.1) is 0 Å². The molecule has 0 spiro atoms. The Hall–Kier alpha value is -2.63. The molecule has 0 aliphatic carbocycles. The van der Waals surface area contributed by atoms with Crippen LogP contribution in [0, 0.1) is 0 Å². The van der Waals surface area contributed by atoms with Gasteiger partial charge < -0.3 is 9.47 Å². The molecule has 0 saturated carbocycles. The van der Waals surface area contributed by atoms with Gasteiger partial charge in [0.25, 0.3) is 0 Å². The first-order valence-electron chi connectivity index (χ1n) is 8.87. The Bertz CT molecular complexity index is 903. The van der Waals surface area contributed by atoms with Gasteiger partial charge in [0, 0.05) is 42.6 Å². The number of aromatic nitrogens is 2. The molecule has 138 valence electrons. The monoisotopic (exact) mass is 381 g/mol. The lowest BCUT2D eigenvalue weighted by molar-refractivity contribution is 0.156. The Morgan fingerprint density at radius 1 is 1.15 bits per heavy atom. The van der Waals surface area contributed by atoms with Crippen molar-refractivity contribution in [2.24, 2.45) is 0 Å². The van der Waals surface area contributed by atoms with E-state index in [1.54, 1.807) is 18.5 Å². The molecule has 1 aliphatic rings. The van der Waals surface area contributed by atoms with E-state index in [1.807, 2.05) is 30.3 Å². The summed E-state index contributed by atoms with van der Waals surface area (Å²) in [6.07, 6.45) is 3.43. The molecule has 6 heteroatoms. The zero-order valence-corrected chi connectivity index (χ0v) is 15.8. The van der Waals surface area contributed by atoms with Gasteiger partial charge in [-0.25, -0.2) is 9.97 Å². The first-order chi connectivity index (χ1) is 13.2. The maximum Gasteiger partial charge on any atom is 0.321 e. The van der Waals surface area contributed by atoms with Crippen molar-refractivity contribution in [1.82, 2.24) is 14.9 Å². The second kappa shape index (κ2) is 7.94. The van der Waals surface area contributed by atoms with E-state index in [2.05, 4.69) is 33.9 Å². The van der Waals surface area contributed by atoms with Crippen LogP contribution in [-0.4, -0.2) is 27.5 Å². The summed E-state index contributed by atoms with van der Waals surface area (Å²) >= 11 is 6.16. The van der Waals surface area contributed by atoms with E-state index in [1.165, 1.54) is 5.56 Å². The van der Waals surface area contributed by atoms with Crippen molar-refractivity contribution in [3.63, 3.8) is 0 Å². The van der Waals surface area contributed by atoms with Crippen LogP contribution in [0.1, 0.15) is 18.1 Å². The molecule has 1 atom stereocenters. The smallest absolute Gasteiger partial charge is 0.321 e. The molecular weight excluding hydrogens is 362 g/mol. The molecule has 0 fully saturated rings. The fraction of sp³-hybridized carbons (Fsp3) is 0.238. The molecule has 0 amide bonds. The highest BCUT2D eigenvalue weighted by Gasteiger charge is 2.20. The highest BCUT2D eigenvalue weighted by atomic mass is 35.5. The molecule has 1 aliphatic heterocycles. The first kappa shape index (κ1) is 17.8. The van der Waals surface area contributed by atoms with E-state index in [0.29, 0.717) is 6.01 Å². The summed E-state index contributed by atoms with van der Waals surface area (Å²) in [5.74, 6) is 1.63. The van der Waals surface area contributed by atoms with Crippen LogP contribution in [0.15, 0.2) is 60.9 Å². The van der Waals surface area contributed by atoms with Crippen molar-refractivity contribution in [2.75, 3.05) is 6.54 Å². The van der Waals surface area contributed by atoms with Crippen molar-refractivity contribution >= 4 is 11.6 Å². The Labute approximate surface area is 163 Å². The predicted molar refractivity (Wildman–Crippen MR) is 104 cm³/mol. The second-order valence-corrected chi connectivity index (χ2v) is 7.06. The van der Waals surface area contributed by atoms with E-state index in [4.69, 9.17) is 21.1 Å². The number of halogens is 1. The van der Waals surface area contributed by atoms with Crippen molar-refractivity contribution < 1.29 is 9.47 Å². The van der Waals surface area contributed by atoms with Crippen LogP contribution in [0.5, 0.6) is 17.5 Å². The average Bonchev–Trinajstić information content (AvgIpc) is 2.81. The van der Waals surface area contributed by atoms with Crippen LogP contribution < -0.4 is 9.47 Å². The lowest BCUT2D eigenvalue weighted by atomic mass is 10.1. The normalized spacial score (nSPS) is 16.9. The van der Waals surface area contributed by atoms with Gasteiger partial charge >= 0.3 is 6.01 Å². The minimum absolute atomic E-state index is 0.116. The van der Waals surface area contributed by atoms with Gasteiger partial charge in [0.1, 0.15) is 17.6 Å². The lowest BCUT2D eigenvalue weighted by Crippen LogP contribution is -2.30. The van der Waals surface area contributed by atoms with Gasteiger partial charge in [0.15, 0.2) is 0 Å². The van der Waals surface area contributed by atoms with Crippen molar-refractivity contribution in [3.8, 4) is 17.5 Å². The summed E-state index contributed by atoms with van der Waals surface area (Å²) in [5, 5.41) is 0.733. The molecule has 27 heavy (non-hydrogen) atoms. The number of hydrogen-bond donors (Lipinski definition) is 0. The average molecular weight is 382 g/mol. The number of rotatable bonds is 4. The topological polar surface area (TPSA) is 47.5 Å². The van der Waals surface area contributed by atoms with Crippen molar-refractivity contribution in [1.29, 1.82) is 0 Å². The molecule has 0 saturated heterocycles. The van der Waals surface area contributed by atoms with Crippen LogP contribution in [0.25, 0.3) is 0 Å². The van der Waals surface area contributed by atoms with Gasteiger partial charge in [-0.05, 0) is 48.9 Å². The molecule has 5 nitrogen and oxygen atoms in total. The number of benzene rings is 2. The number of fused-ring (bicyclic) bond motifs is 1. The third kappa shape index (κ3) is 4.56. The number of nitrogens with zero attached hydrogens (tertiary/aromatic N) is 3. The molecule has 2 heterocycles. The predicted octanol–water partition coefficient (Wildman–Crippen LogP) is 4.71. The molecule has 2 aromatic carbocycles. The SMILES string of the molecule is CC1CN(Cc2ccc(Oc3ncccn3)cc2)Cc2cc(Cl)ccc2O1. The highest BCUT2D eigenvalue weighted by Crippen LogP contribution is 2.29. The molecule has 4 rings (SSSR count). The standard InChI is InChI=1S/C21H20ClN3O2/c1-15-12-25(14-17-11-18(22)5-8-20(17)26-15)13-16-3-6-19(7-4-16)27-21-23-9-2-10-24-21/h2-11,15H,12-14H2,1H3. The summed E-state index contributed by atoms with van der Waals surface area (Å²) in [5.41, 5.74) is 2.32. The lowest BCUT2D eigenvalue weighted by Gasteiger charge is -2.22. The summed E-state index contributed by atoms with van der Waals surface area (Å²) in [6, 6.07) is 15.9. The zero-order chi connectivity index (χ0) is 18.6. The zero-order valence-electron chi connectivity index (χ0n) is 15.0. The van der Waals surface area contributed by atoms with Crippen LogP contribution >= 0.6 is 11.6 Å². The van der Waals surface area contributed by atoms with Crippen molar-refractivity contribution in [3.05, 3.63) is 77.1 Å². The Morgan fingerprint density at radius 3 is 2.70 bits per heavy atom. The van der Waals surface area contributed by atoms with Gasteiger partial charge in [0.05, 0.1) is 0 Å². The van der Waals surface area contributed by atoms with Crippen molar-refractivity contribution in [2.45, 2.75) is 26.1 Å². The molecule has 3 aromatic rings. The van der Waals surface area contributed by atoms with Gasteiger partial charge in [-0.1, -0.05) is 23.7 Å². The maximum atomic E-state index is 6.16. The van der Waals surface area contributed by atoms with E-state index in [-0.39, 0.29) is 6.10 Å². The molecule has 0 radical (unpaired) electrons. The highest BCUT2D eigenvalue weighted by molar-refractivity contribution is 6.30. The number of ether oxygens (including phenoxy) is 2. The van der Waals surface area contributed by atoms with Gasteiger partial charge in [-0.3, -0.25) is 4.90 Å². The third-order valence-electron chi connectivity index (χ3n) is 4.34. The van der Waals surface area contributed by atoms with Crippen LogP contribution in [-0.2, 0) is 13.1 Å². The van der Waals surface area contributed by atoms with Crippen LogP contribution in [0.4, 0.5) is 0 Å². The van der Waals surface area contributed by atoms with E-state index >= 15 is 0 Å². The second-order valence-electron chi connectivity index (χ2n) is 6.63. The number of hydrogen-bond acceptors (Lipinski definition) is 5. The molecular formula is C21H20ClN3O2. The van der Waals surface area contributed by atoms with Crippen LogP contribution in [0.3, 0.4) is 0 Å². The largest absolute Gasteiger partial charge is 0.489 e. The van der Waals surface area contributed by atoms with Gasteiger partial charge in [-0.2, -0.15) is 0 Å². The Morgan fingerprint density at radius 2 is 1.93 bits per heavy atom. The minimum Gasteiger partial charge on any atom is -0.489 e. The molecule has 1 aromatic heterocycles. The maximum absolute atomic E-state index is 6.16. The molecule has 0 N–H and O–H groups in total. The fourth-order valence-corrected chi connectivity index (χ4v) is 3.39. The molecule has 1 unspecified atom stereocenters. The van der Waals surface area contributed by atoms with E-state index in [0.717, 1.165) is 41.7 Å². The molecule has 0 bridgehead atoms. The third-order valence-corrected chi connectivity index (χ3v) is 4.58. The Kier molecular flexibility index (Phi) is 5.23. The van der Waals surface area contributed by atoms with E-state index < -0.39 is 0 Å². The first-order valence-corrected chi connectivity index (χ1v) is 9.25. The summed E-state index contributed by atoms with van der Waals surface area (Å²) in [4.78, 5) is 10.5. The van der Waals surface area contributed by atoms with Gasteiger partial charge in [0.2, 0.25) is 0 Å². The summed E-state index contributed by atoms with van der Waals surface area (Å²) in [7, 11) is 0. The quantitative estimate of drug-likeness (QED) is 0.655.